The van der Waals surface area contributed by atoms with Crippen LogP contribution in [-0.2, 0) is 6.54 Å². The molecule has 0 bridgehead atoms. The number of fused-ring (bicyclic) bond motifs is 1. The second-order valence-electron chi connectivity index (χ2n) is 6.06. The number of nitrogens with one attached hydrogen (secondary N) is 1. The van der Waals surface area contributed by atoms with Gasteiger partial charge in [0.2, 0.25) is 0 Å². The van der Waals surface area contributed by atoms with E-state index in [0.29, 0.717) is 23.0 Å². The number of hydrogen-bond acceptors (Lipinski definition) is 3. The molecule has 0 radical (unpaired) electrons. The maximum Gasteiger partial charge on any atom is 0.276 e. The molecule has 1 heterocycles. The number of amides is 1. The summed E-state index contributed by atoms with van der Waals surface area (Å²) in [6.45, 7) is 2.61. The Morgan fingerprint density at radius 3 is 2.50 bits per heavy atom. The average Bonchev–Trinajstić information content (AvgIpc) is 2.65. The molecule has 0 spiro atoms. The van der Waals surface area contributed by atoms with Gasteiger partial charge in [-0.3, -0.25) is 9.59 Å². The predicted octanol–water partition coefficient (Wildman–Crippen LogP) is 4.60. The van der Waals surface area contributed by atoms with Gasteiger partial charge in [0, 0.05) is 16.4 Å². The van der Waals surface area contributed by atoms with Crippen LogP contribution in [0.2, 0.25) is 0 Å². The zero-order valence-electron chi connectivity index (χ0n) is 14.5. The number of benzene rings is 2. The molecule has 2 aromatic carbocycles. The molecular weight excluding hydrogens is 394 g/mol. The highest BCUT2D eigenvalue weighted by molar-refractivity contribution is 9.10. The van der Waals surface area contributed by atoms with Crippen LogP contribution in [0.1, 0.15) is 36.7 Å². The topological polar surface area (TPSA) is 64.0 Å². The van der Waals surface area contributed by atoms with Crippen LogP contribution in [0.15, 0.2) is 57.8 Å². The van der Waals surface area contributed by atoms with Crippen LogP contribution < -0.4 is 10.9 Å². The second-order valence-corrected chi connectivity index (χ2v) is 6.92. The van der Waals surface area contributed by atoms with E-state index in [9.17, 15) is 9.59 Å². The Kier molecular flexibility index (Phi) is 5.83. The molecule has 0 saturated carbocycles. The van der Waals surface area contributed by atoms with E-state index in [0.717, 1.165) is 23.7 Å². The number of aryl methyl sites for hydroxylation is 1. The molecule has 0 aliphatic rings. The minimum absolute atomic E-state index is 0.158. The van der Waals surface area contributed by atoms with Gasteiger partial charge < -0.3 is 5.32 Å². The second kappa shape index (κ2) is 8.27. The highest BCUT2D eigenvalue weighted by Gasteiger charge is 2.17. The number of unbranched alkanes of at least 4 members (excludes halogenated alkanes) is 2. The standard InChI is InChI=1S/C20H20BrN3O2/c1-2-3-8-13-24-20(26)15-10-5-4-9-14(15)18(23-24)19(25)22-17-12-7-6-11-16(17)21/h4-7,9-12H,2-3,8,13H2,1H3,(H,22,25). The van der Waals surface area contributed by atoms with Crippen LogP contribution in [0.5, 0.6) is 0 Å². The smallest absolute Gasteiger partial charge is 0.276 e. The number of carbonyl (C=O) groups excluding carboxylic acids is 1. The van der Waals surface area contributed by atoms with Crippen molar-refractivity contribution >= 4 is 38.3 Å². The normalized spacial score (nSPS) is 10.8. The largest absolute Gasteiger partial charge is 0.320 e. The SMILES string of the molecule is CCCCCn1nc(C(=O)Nc2ccccc2Br)c2ccccc2c1=O. The summed E-state index contributed by atoms with van der Waals surface area (Å²) in [6.07, 6.45) is 2.92. The first kappa shape index (κ1) is 18.3. The van der Waals surface area contributed by atoms with E-state index in [1.54, 1.807) is 30.3 Å². The predicted molar refractivity (Wildman–Crippen MR) is 108 cm³/mol. The van der Waals surface area contributed by atoms with Crippen LogP contribution in [0.25, 0.3) is 10.8 Å². The number of aromatic nitrogens is 2. The Morgan fingerprint density at radius 2 is 1.77 bits per heavy atom. The lowest BCUT2D eigenvalue weighted by Gasteiger charge is -2.12. The van der Waals surface area contributed by atoms with E-state index < -0.39 is 0 Å². The van der Waals surface area contributed by atoms with Crippen molar-refractivity contribution in [2.75, 3.05) is 5.32 Å². The van der Waals surface area contributed by atoms with Gasteiger partial charge in [0.05, 0.1) is 11.1 Å². The molecule has 0 unspecified atom stereocenters. The summed E-state index contributed by atoms with van der Waals surface area (Å²) in [5.74, 6) is -0.336. The van der Waals surface area contributed by atoms with Gasteiger partial charge in [-0.25, -0.2) is 4.68 Å². The minimum Gasteiger partial charge on any atom is -0.320 e. The summed E-state index contributed by atoms with van der Waals surface area (Å²) in [4.78, 5) is 25.5. The molecule has 1 aromatic heterocycles. The molecule has 0 saturated heterocycles. The number of carbonyl (C=O) groups is 1. The monoisotopic (exact) mass is 413 g/mol. The molecule has 6 heteroatoms. The quantitative estimate of drug-likeness (QED) is 0.600. The summed E-state index contributed by atoms with van der Waals surface area (Å²) in [7, 11) is 0. The summed E-state index contributed by atoms with van der Waals surface area (Å²) in [5, 5.41) is 8.32. The molecule has 134 valence electrons. The lowest BCUT2D eigenvalue weighted by Crippen LogP contribution is -2.27. The number of hydrogen-bond donors (Lipinski definition) is 1. The van der Waals surface area contributed by atoms with Crippen molar-refractivity contribution in [3.05, 3.63) is 69.1 Å². The molecule has 0 aliphatic carbocycles. The number of para-hydroxylation sites is 1. The van der Waals surface area contributed by atoms with Crippen LogP contribution >= 0.6 is 15.9 Å². The lowest BCUT2D eigenvalue weighted by atomic mass is 10.1. The van der Waals surface area contributed by atoms with Crippen molar-refractivity contribution in [2.45, 2.75) is 32.7 Å². The molecule has 0 fully saturated rings. The Labute approximate surface area is 160 Å². The minimum atomic E-state index is -0.336. The fourth-order valence-electron chi connectivity index (χ4n) is 2.81. The van der Waals surface area contributed by atoms with E-state index in [1.165, 1.54) is 4.68 Å². The van der Waals surface area contributed by atoms with Crippen LogP contribution in [0, 0.1) is 0 Å². The summed E-state index contributed by atoms with van der Waals surface area (Å²) in [6, 6.07) is 14.5. The maximum absolute atomic E-state index is 12.9. The highest BCUT2D eigenvalue weighted by atomic mass is 79.9. The molecule has 0 aliphatic heterocycles. The van der Waals surface area contributed by atoms with Gasteiger partial charge in [-0.2, -0.15) is 5.10 Å². The molecule has 3 aromatic rings. The van der Waals surface area contributed by atoms with E-state index >= 15 is 0 Å². The molecule has 1 N–H and O–H groups in total. The summed E-state index contributed by atoms with van der Waals surface area (Å²) in [5.41, 5.74) is 0.758. The van der Waals surface area contributed by atoms with E-state index in [-0.39, 0.29) is 17.2 Å². The van der Waals surface area contributed by atoms with Crippen molar-refractivity contribution in [3.8, 4) is 0 Å². The van der Waals surface area contributed by atoms with Gasteiger partial charge in [0.15, 0.2) is 5.69 Å². The third-order valence-corrected chi connectivity index (χ3v) is 4.87. The van der Waals surface area contributed by atoms with Crippen LogP contribution in [0.4, 0.5) is 5.69 Å². The summed E-state index contributed by atoms with van der Waals surface area (Å²) < 4.78 is 2.20. The average molecular weight is 414 g/mol. The van der Waals surface area contributed by atoms with Crippen LogP contribution in [-0.4, -0.2) is 15.7 Å². The van der Waals surface area contributed by atoms with Crippen LogP contribution in [0.3, 0.4) is 0 Å². The first-order valence-electron chi connectivity index (χ1n) is 8.67. The van der Waals surface area contributed by atoms with Crippen molar-refractivity contribution in [1.82, 2.24) is 9.78 Å². The molecule has 3 rings (SSSR count). The first-order valence-corrected chi connectivity index (χ1v) is 9.47. The Hall–Kier alpha value is -2.47. The fourth-order valence-corrected chi connectivity index (χ4v) is 3.19. The van der Waals surface area contributed by atoms with E-state index in [2.05, 4.69) is 33.3 Å². The van der Waals surface area contributed by atoms with Gasteiger partial charge in [-0.1, -0.05) is 50.1 Å². The van der Waals surface area contributed by atoms with E-state index in [4.69, 9.17) is 0 Å². The van der Waals surface area contributed by atoms with Crippen molar-refractivity contribution in [3.63, 3.8) is 0 Å². The Balaban J connectivity index is 2.03. The molecule has 0 atom stereocenters. The third-order valence-electron chi connectivity index (χ3n) is 4.18. The Morgan fingerprint density at radius 1 is 1.08 bits per heavy atom. The lowest BCUT2D eigenvalue weighted by molar-refractivity contribution is 0.102. The number of anilines is 1. The van der Waals surface area contributed by atoms with Crippen molar-refractivity contribution < 1.29 is 4.79 Å². The van der Waals surface area contributed by atoms with Crippen molar-refractivity contribution in [2.24, 2.45) is 0 Å². The van der Waals surface area contributed by atoms with Crippen molar-refractivity contribution in [1.29, 1.82) is 0 Å². The zero-order chi connectivity index (χ0) is 18.5. The molecule has 5 nitrogen and oxygen atoms in total. The van der Waals surface area contributed by atoms with E-state index in [1.807, 2.05) is 18.2 Å². The zero-order valence-corrected chi connectivity index (χ0v) is 16.1. The maximum atomic E-state index is 12.9. The first-order chi connectivity index (χ1) is 12.6. The van der Waals surface area contributed by atoms with Gasteiger partial charge >= 0.3 is 0 Å². The number of nitrogens with zero attached hydrogens (tertiary/aromatic N) is 2. The van der Waals surface area contributed by atoms with Gasteiger partial charge in [0.1, 0.15) is 0 Å². The molecule has 1 amide bonds. The number of halogens is 1. The molecular formula is C20H20BrN3O2. The Bertz CT molecular complexity index is 998. The number of rotatable bonds is 6. The van der Waals surface area contributed by atoms with Gasteiger partial charge in [0.25, 0.3) is 11.5 Å². The van der Waals surface area contributed by atoms with Gasteiger partial charge in [-0.15, -0.1) is 0 Å². The summed E-state index contributed by atoms with van der Waals surface area (Å²) >= 11 is 3.42. The van der Waals surface area contributed by atoms with Gasteiger partial charge in [-0.05, 0) is 40.5 Å². The third kappa shape index (κ3) is 3.85. The molecule has 26 heavy (non-hydrogen) atoms. The fraction of sp³-hybridized carbons (Fsp3) is 0.250. The highest BCUT2D eigenvalue weighted by Crippen LogP contribution is 2.22.